The van der Waals surface area contributed by atoms with Gasteiger partial charge in [0.1, 0.15) is 0 Å². The van der Waals surface area contributed by atoms with Crippen molar-refractivity contribution in [3.8, 4) is 0 Å². The van der Waals surface area contributed by atoms with Gasteiger partial charge in [-0.2, -0.15) is 0 Å². The van der Waals surface area contributed by atoms with E-state index in [9.17, 15) is 0 Å². The number of hydrogen-bond donors (Lipinski definition) is 0. The second-order valence-electron chi connectivity index (χ2n) is 2.90. The highest BCUT2D eigenvalue weighted by atomic mass is 28.2. The van der Waals surface area contributed by atoms with Crippen LogP contribution in [0.15, 0.2) is 12.2 Å². The summed E-state index contributed by atoms with van der Waals surface area (Å²) in [4.78, 5) is 0. The number of unbranched alkanes of at least 4 members (excludes halogenated alkanes) is 1. The Morgan fingerprint density at radius 3 is 2.50 bits per heavy atom. The van der Waals surface area contributed by atoms with Crippen LogP contribution in [0.1, 0.15) is 33.6 Å². The van der Waals surface area contributed by atoms with Gasteiger partial charge in [0.2, 0.25) is 10.5 Å². The first-order chi connectivity index (χ1) is 4.62. The predicted octanol–water partition coefficient (Wildman–Crippen LogP) is 2.22. The molecule has 0 fully saturated rings. The molecule has 0 atom stereocenters. The van der Waals surface area contributed by atoms with Crippen LogP contribution < -0.4 is 0 Å². The van der Waals surface area contributed by atoms with E-state index in [4.69, 9.17) is 4.43 Å². The van der Waals surface area contributed by atoms with Crippen molar-refractivity contribution in [1.29, 1.82) is 0 Å². The maximum Gasteiger partial charge on any atom is 0.247 e. The summed E-state index contributed by atoms with van der Waals surface area (Å²) in [7, 11) is 3.02. The van der Waals surface area contributed by atoms with Crippen LogP contribution >= 0.6 is 0 Å². The Balaban J connectivity index is 3.63. The largest absolute Gasteiger partial charge is 0.410 e. The molecule has 0 aromatic carbocycles. The minimum atomic E-state index is -0.175. The van der Waals surface area contributed by atoms with Crippen molar-refractivity contribution >= 4 is 10.5 Å². The topological polar surface area (TPSA) is 9.23 Å². The van der Waals surface area contributed by atoms with Crippen LogP contribution in [0.25, 0.3) is 0 Å². The van der Waals surface area contributed by atoms with Crippen molar-refractivity contribution in [3.63, 3.8) is 0 Å². The zero-order valence-corrected chi connectivity index (χ0v) is 7.98. The third-order valence-corrected chi connectivity index (χ3v) is 1.76. The van der Waals surface area contributed by atoms with E-state index in [-0.39, 0.29) is 5.60 Å². The Kier molecular flexibility index (Phi) is 4.65. The average molecular weight is 155 g/mol. The molecular weight excluding hydrogens is 140 g/mol. The molecule has 0 N–H and O–H groups in total. The van der Waals surface area contributed by atoms with Crippen molar-refractivity contribution in [2.75, 3.05) is 0 Å². The van der Waals surface area contributed by atoms with Crippen LogP contribution in [-0.2, 0) is 4.43 Å². The number of rotatable bonds is 4. The lowest BCUT2D eigenvalue weighted by Crippen LogP contribution is -2.19. The predicted molar refractivity (Wildman–Crippen MR) is 45.0 cm³/mol. The molecule has 0 spiro atoms. The second-order valence-corrected chi connectivity index (χ2v) is 3.10. The SMILES string of the molecule is CCC/C=C/C(C)(C)O[Si]. The fraction of sp³-hybridized carbons (Fsp3) is 0.750. The normalized spacial score (nSPS) is 12.8. The molecule has 1 nitrogen and oxygen atoms in total. The highest BCUT2D eigenvalue weighted by Gasteiger charge is 2.08. The zero-order chi connectivity index (χ0) is 8.04. The van der Waals surface area contributed by atoms with Crippen molar-refractivity contribution in [3.05, 3.63) is 12.2 Å². The van der Waals surface area contributed by atoms with E-state index in [2.05, 4.69) is 29.6 Å². The molecule has 0 heterocycles. The van der Waals surface area contributed by atoms with Crippen molar-refractivity contribution in [2.45, 2.75) is 39.2 Å². The van der Waals surface area contributed by atoms with Crippen LogP contribution in [0, 0.1) is 0 Å². The summed E-state index contributed by atoms with van der Waals surface area (Å²) in [6.45, 7) is 6.17. The van der Waals surface area contributed by atoms with Crippen LogP contribution in [-0.4, -0.2) is 16.1 Å². The highest BCUT2D eigenvalue weighted by molar-refractivity contribution is 5.98. The Labute approximate surface area is 67.0 Å². The molecule has 0 aromatic heterocycles. The summed E-state index contributed by atoms with van der Waals surface area (Å²) >= 11 is 0. The minimum Gasteiger partial charge on any atom is -0.410 e. The smallest absolute Gasteiger partial charge is 0.247 e. The third-order valence-electron chi connectivity index (χ3n) is 1.24. The molecule has 10 heavy (non-hydrogen) atoms. The molecule has 0 bridgehead atoms. The average Bonchev–Trinajstić information content (AvgIpc) is 1.89. The van der Waals surface area contributed by atoms with Gasteiger partial charge in [0.25, 0.3) is 0 Å². The van der Waals surface area contributed by atoms with E-state index in [1.807, 2.05) is 13.8 Å². The molecule has 57 valence electrons. The summed E-state index contributed by atoms with van der Waals surface area (Å²) in [5.74, 6) is 0. The Hall–Kier alpha value is -0.0831. The van der Waals surface area contributed by atoms with Gasteiger partial charge < -0.3 is 4.43 Å². The minimum absolute atomic E-state index is 0.175. The summed E-state index contributed by atoms with van der Waals surface area (Å²) < 4.78 is 5.00. The Morgan fingerprint density at radius 2 is 2.10 bits per heavy atom. The summed E-state index contributed by atoms with van der Waals surface area (Å²) in [5.41, 5.74) is -0.175. The molecule has 0 aliphatic heterocycles. The zero-order valence-electron chi connectivity index (χ0n) is 6.98. The summed E-state index contributed by atoms with van der Waals surface area (Å²) in [6.07, 6.45) is 6.51. The lowest BCUT2D eigenvalue weighted by molar-refractivity contribution is 0.180. The molecule has 0 aliphatic carbocycles. The highest BCUT2D eigenvalue weighted by Crippen LogP contribution is 2.08. The summed E-state index contributed by atoms with van der Waals surface area (Å²) in [6, 6.07) is 0. The number of allylic oxidation sites excluding steroid dienone is 1. The van der Waals surface area contributed by atoms with E-state index < -0.39 is 0 Å². The van der Waals surface area contributed by atoms with E-state index in [0.29, 0.717) is 0 Å². The van der Waals surface area contributed by atoms with Crippen molar-refractivity contribution < 1.29 is 4.43 Å². The maximum absolute atomic E-state index is 5.00. The molecule has 3 radical (unpaired) electrons. The molecule has 0 saturated carbocycles. The Bertz CT molecular complexity index is 108. The fourth-order valence-electron chi connectivity index (χ4n) is 0.568. The number of hydrogen-bond acceptors (Lipinski definition) is 1. The molecule has 0 aliphatic rings. The fourth-order valence-corrected chi connectivity index (χ4v) is 0.636. The van der Waals surface area contributed by atoms with E-state index in [1.165, 1.54) is 6.42 Å². The van der Waals surface area contributed by atoms with Gasteiger partial charge in [0.05, 0.1) is 5.60 Å². The van der Waals surface area contributed by atoms with Gasteiger partial charge in [0, 0.05) is 0 Å². The molecular formula is C8H15OSi. The third kappa shape index (κ3) is 4.76. The van der Waals surface area contributed by atoms with Gasteiger partial charge in [-0.1, -0.05) is 25.5 Å². The standard InChI is InChI=1S/C8H15OSi/c1-4-5-6-7-8(2,3)9-10/h6-7H,4-5H2,1-3H3/b7-6+. The van der Waals surface area contributed by atoms with E-state index in [0.717, 1.165) is 6.42 Å². The van der Waals surface area contributed by atoms with Crippen LogP contribution in [0.5, 0.6) is 0 Å². The van der Waals surface area contributed by atoms with E-state index in [1.54, 1.807) is 0 Å². The van der Waals surface area contributed by atoms with Gasteiger partial charge >= 0.3 is 0 Å². The molecule has 0 amide bonds. The van der Waals surface area contributed by atoms with Gasteiger partial charge in [-0.3, -0.25) is 0 Å². The maximum atomic E-state index is 5.00. The van der Waals surface area contributed by atoms with Gasteiger partial charge in [-0.05, 0) is 20.3 Å². The molecule has 0 aromatic rings. The van der Waals surface area contributed by atoms with E-state index >= 15 is 0 Å². The molecule has 2 heteroatoms. The lowest BCUT2D eigenvalue weighted by atomic mass is 10.1. The molecule has 0 unspecified atom stereocenters. The van der Waals surface area contributed by atoms with Gasteiger partial charge in [-0.25, -0.2) is 0 Å². The monoisotopic (exact) mass is 155 g/mol. The molecule has 0 rings (SSSR count). The molecule has 0 saturated heterocycles. The first kappa shape index (κ1) is 9.92. The van der Waals surface area contributed by atoms with Crippen LogP contribution in [0.2, 0.25) is 0 Å². The summed E-state index contributed by atoms with van der Waals surface area (Å²) in [5, 5.41) is 0. The first-order valence-electron chi connectivity index (χ1n) is 3.65. The van der Waals surface area contributed by atoms with Crippen LogP contribution in [0.4, 0.5) is 0 Å². The second kappa shape index (κ2) is 4.69. The first-order valence-corrected chi connectivity index (χ1v) is 4.05. The lowest BCUT2D eigenvalue weighted by Gasteiger charge is -2.17. The van der Waals surface area contributed by atoms with Crippen molar-refractivity contribution in [2.24, 2.45) is 0 Å². The van der Waals surface area contributed by atoms with Crippen molar-refractivity contribution in [1.82, 2.24) is 0 Å². The van der Waals surface area contributed by atoms with Gasteiger partial charge in [-0.15, -0.1) is 0 Å². The van der Waals surface area contributed by atoms with Crippen LogP contribution in [0.3, 0.4) is 0 Å². The quantitative estimate of drug-likeness (QED) is 0.447. The van der Waals surface area contributed by atoms with Gasteiger partial charge in [0.15, 0.2) is 0 Å². The Morgan fingerprint density at radius 1 is 1.50 bits per heavy atom.